The number of hydrogen-bond acceptors (Lipinski definition) is 7. The second-order valence-corrected chi connectivity index (χ2v) is 8.25. The summed E-state index contributed by atoms with van der Waals surface area (Å²) in [6.07, 6.45) is 4.77. The van der Waals surface area contributed by atoms with Gasteiger partial charge in [-0.15, -0.1) is 0 Å². The third-order valence-electron chi connectivity index (χ3n) is 6.10. The maximum atomic E-state index is 13.6. The van der Waals surface area contributed by atoms with Crippen LogP contribution in [0.25, 0.3) is 11.0 Å². The Morgan fingerprint density at radius 2 is 1.82 bits per heavy atom. The largest absolute Gasteiger partial charge is 0.493 e. The van der Waals surface area contributed by atoms with E-state index in [4.69, 9.17) is 14.2 Å². The van der Waals surface area contributed by atoms with Gasteiger partial charge in [-0.3, -0.25) is 4.79 Å². The number of anilines is 2. The summed E-state index contributed by atoms with van der Waals surface area (Å²) in [7, 11) is 4.71. The van der Waals surface area contributed by atoms with Gasteiger partial charge in [0.25, 0.3) is 5.91 Å². The quantitative estimate of drug-likeness (QED) is 0.581. The smallest absolute Gasteiger partial charge is 0.257 e. The first-order chi connectivity index (χ1) is 16.0. The monoisotopic (exact) mass is 450 g/mol. The molecule has 1 saturated heterocycles. The Kier molecular flexibility index (Phi) is 6.53. The summed E-state index contributed by atoms with van der Waals surface area (Å²) in [5, 5.41) is 4.20. The first-order valence-corrected chi connectivity index (χ1v) is 11.1. The van der Waals surface area contributed by atoms with Gasteiger partial charge in [0.2, 0.25) is 5.75 Å². The van der Waals surface area contributed by atoms with Crippen LogP contribution in [-0.4, -0.2) is 54.7 Å². The van der Waals surface area contributed by atoms with Crippen molar-refractivity contribution in [3.8, 4) is 17.2 Å². The summed E-state index contributed by atoms with van der Waals surface area (Å²) in [4.78, 5) is 24.6. The molecule has 4 rings (SSSR count). The highest BCUT2D eigenvalue weighted by atomic mass is 16.5. The van der Waals surface area contributed by atoms with Crippen LogP contribution in [0.1, 0.15) is 42.2 Å². The van der Waals surface area contributed by atoms with Crippen molar-refractivity contribution in [3.63, 3.8) is 0 Å². The molecule has 0 unspecified atom stereocenters. The third-order valence-corrected chi connectivity index (χ3v) is 6.10. The Balaban J connectivity index is 1.85. The number of aryl methyl sites for hydroxylation is 1. The van der Waals surface area contributed by atoms with Crippen molar-refractivity contribution in [2.75, 3.05) is 33.2 Å². The Morgan fingerprint density at radius 3 is 2.45 bits per heavy atom. The molecule has 0 spiro atoms. The molecule has 174 valence electrons. The van der Waals surface area contributed by atoms with Crippen LogP contribution < -0.4 is 19.5 Å². The zero-order chi connectivity index (χ0) is 23.5. The molecule has 3 aromatic rings. The summed E-state index contributed by atoms with van der Waals surface area (Å²) < 4.78 is 16.4. The number of amides is 1. The molecule has 0 saturated carbocycles. The van der Waals surface area contributed by atoms with Crippen molar-refractivity contribution >= 4 is 28.3 Å². The van der Waals surface area contributed by atoms with Crippen LogP contribution >= 0.6 is 0 Å². The molecule has 8 nitrogen and oxygen atoms in total. The van der Waals surface area contributed by atoms with Crippen molar-refractivity contribution in [2.24, 2.45) is 0 Å². The Bertz CT molecular complexity index is 1160. The predicted molar refractivity (Wildman–Crippen MR) is 128 cm³/mol. The van der Waals surface area contributed by atoms with E-state index in [2.05, 4.69) is 22.2 Å². The number of ether oxygens (including phenoxy) is 3. The first-order valence-electron chi connectivity index (χ1n) is 11.1. The number of nitrogens with zero attached hydrogens (tertiary/aromatic N) is 3. The van der Waals surface area contributed by atoms with Crippen molar-refractivity contribution in [3.05, 3.63) is 41.7 Å². The zero-order valence-corrected chi connectivity index (χ0v) is 19.8. The van der Waals surface area contributed by atoms with Crippen LogP contribution in [0.3, 0.4) is 0 Å². The van der Waals surface area contributed by atoms with E-state index < -0.39 is 0 Å². The fourth-order valence-electron chi connectivity index (χ4n) is 4.32. The number of benzene rings is 1. The van der Waals surface area contributed by atoms with Crippen LogP contribution in [-0.2, 0) is 0 Å². The van der Waals surface area contributed by atoms with Gasteiger partial charge in [0, 0.05) is 47.7 Å². The number of fused-ring (bicyclic) bond motifs is 1. The maximum Gasteiger partial charge on any atom is 0.257 e. The van der Waals surface area contributed by atoms with E-state index in [0.717, 1.165) is 36.9 Å². The van der Waals surface area contributed by atoms with Crippen molar-refractivity contribution in [2.45, 2.75) is 39.2 Å². The Hall–Kier alpha value is -3.55. The second-order valence-electron chi connectivity index (χ2n) is 8.25. The number of methoxy groups -OCH3 is 3. The van der Waals surface area contributed by atoms with Gasteiger partial charge < -0.3 is 24.4 Å². The molecule has 0 aliphatic carbocycles. The summed E-state index contributed by atoms with van der Waals surface area (Å²) in [6.45, 7) is 4.76. The molecule has 0 bridgehead atoms. The molecule has 1 aliphatic heterocycles. The van der Waals surface area contributed by atoms with Crippen molar-refractivity contribution in [1.82, 2.24) is 14.9 Å². The van der Waals surface area contributed by atoms with Gasteiger partial charge in [0.15, 0.2) is 17.1 Å². The minimum absolute atomic E-state index is 0.0351. The van der Waals surface area contributed by atoms with Gasteiger partial charge in [0.05, 0.1) is 32.6 Å². The van der Waals surface area contributed by atoms with Gasteiger partial charge in [-0.05, 0) is 45.2 Å². The molecule has 1 N–H and O–H groups in total. The predicted octanol–water partition coefficient (Wildman–Crippen LogP) is 4.72. The maximum absolute atomic E-state index is 13.6. The van der Waals surface area contributed by atoms with E-state index in [1.807, 2.05) is 36.1 Å². The Labute approximate surface area is 193 Å². The number of nitrogens with one attached hydrogen (secondary N) is 1. The van der Waals surface area contributed by atoms with Crippen LogP contribution in [0.2, 0.25) is 0 Å². The fraction of sp³-hybridized carbons (Fsp3) is 0.400. The molecule has 1 atom stereocenters. The minimum atomic E-state index is -0.0351. The number of carbonyl (C=O) groups excluding carboxylic acids is 1. The van der Waals surface area contributed by atoms with E-state index in [1.165, 1.54) is 0 Å². The lowest BCUT2D eigenvalue weighted by atomic mass is 10.0. The second kappa shape index (κ2) is 9.52. The molecule has 1 fully saturated rings. The highest BCUT2D eigenvalue weighted by molar-refractivity contribution is 6.07. The minimum Gasteiger partial charge on any atom is -0.493 e. The Morgan fingerprint density at radius 1 is 1.09 bits per heavy atom. The van der Waals surface area contributed by atoms with E-state index in [-0.39, 0.29) is 11.9 Å². The van der Waals surface area contributed by atoms with E-state index in [9.17, 15) is 4.79 Å². The highest BCUT2D eigenvalue weighted by Gasteiger charge is 2.27. The van der Waals surface area contributed by atoms with E-state index in [0.29, 0.717) is 39.8 Å². The number of piperidine rings is 1. The van der Waals surface area contributed by atoms with E-state index in [1.54, 1.807) is 27.5 Å². The summed E-state index contributed by atoms with van der Waals surface area (Å²) in [5.74, 6) is 1.50. The molecule has 1 amide bonds. The fourth-order valence-corrected chi connectivity index (χ4v) is 4.32. The number of carbonyl (C=O) groups is 1. The van der Waals surface area contributed by atoms with Crippen molar-refractivity contribution < 1.29 is 19.0 Å². The average molecular weight is 451 g/mol. The number of rotatable bonds is 6. The standard InChI is InChI=1S/C25H30N4O4/c1-15-9-10-18-22(28-17-12-20(31-3)23(33-5)21(13-17)32-4)19(14-26-24(18)27-15)25(30)29-11-7-6-8-16(29)2/h9-10,12-14,16H,6-8,11H2,1-5H3,(H,26,27,28)/t16-/m0/s1. The molecular weight excluding hydrogens is 420 g/mol. The molecule has 0 radical (unpaired) electrons. The zero-order valence-electron chi connectivity index (χ0n) is 19.8. The number of hydrogen-bond donors (Lipinski definition) is 1. The topological polar surface area (TPSA) is 85.8 Å². The SMILES string of the molecule is COc1cc(Nc2c(C(=O)N3CCCC[C@@H]3C)cnc3nc(C)ccc23)cc(OC)c1OC. The van der Waals surface area contributed by atoms with Gasteiger partial charge in [-0.1, -0.05) is 0 Å². The molecule has 1 aliphatic rings. The summed E-state index contributed by atoms with van der Waals surface area (Å²) in [5.41, 5.74) is 3.30. The first kappa shape index (κ1) is 22.6. The normalized spacial score (nSPS) is 15.9. The lowest BCUT2D eigenvalue weighted by Gasteiger charge is -2.34. The summed E-state index contributed by atoms with van der Waals surface area (Å²) >= 11 is 0. The third kappa shape index (κ3) is 4.37. The van der Waals surface area contributed by atoms with Gasteiger partial charge in [0.1, 0.15) is 0 Å². The molecule has 8 heteroatoms. The van der Waals surface area contributed by atoms with Crippen LogP contribution in [0.5, 0.6) is 17.2 Å². The van der Waals surface area contributed by atoms with Crippen LogP contribution in [0.15, 0.2) is 30.5 Å². The molecular formula is C25H30N4O4. The van der Waals surface area contributed by atoms with E-state index >= 15 is 0 Å². The van der Waals surface area contributed by atoms with Gasteiger partial charge >= 0.3 is 0 Å². The summed E-state index contributed by atoms with van der Waals surface area (Å²) in [6, 6.07) is 7.68. The highest BCUT2D eigenvalue weighted by Crippen LogP contribution is 2.41. The van der Waals surface area contributed by atoms with Crippen molar-refractivity contribution in [1.29, 1.82) is 0 Å². The van der Waals surface area contributed by atoms with Crippen LogP contribution in [0.4, 0.5) is 11.4 Å². The number of pyridine rings is 2. The average Bonchev–Trinajstić information content (AvgIpc) is 2.83. The number of aromatic nitrogens is 2. The van der Waals surface area contributed by atoms with Gasteiger partial charge in [-0.25, -0.2) is 9.97 Å². The van der Waals surface area contributed by atoms with Crippen LogP contribution in [0, 0.1) is 6.92 Å². The number of likely N-dealkylation sites (tertiary alicyclic amines) is 1. The molecule has 3 heterocycles. The van der Waals surface area contributed by atoms with Gasteiger partial charge in [-0.2, -0.15) is 0 Å². The molecule has 1 aromatic carbocycles. The molecule has 2 aromatic heterocycles. The lowest BCUT2D eigenvalue weighted by Crippen LogP contribution is -2.42. The lowest BCUT2D eigenvalue weighted by molar-refractivity contribution is 0.0636. The molecule has 33 heavy (non-hydrogen) atoms.